The molecule has 4 aromatic carbocycles. The minimum atomic E-state index is 0.422. The zero-order valence-electron chi connectivity index (χ0n) is 16.5. The number of hydrogen-bond acceptors (Lipinski definition) is 1. The van der Waals surface area contributed by atoms with E-state index < -0.39 is 0 Å². The molecule has 0 aliphatic rings. The summed E-state index contributed by atoms with van der Waals surface area (Å²) in [6.07, 6.45) is 0. The molecular weight excluding hydrogens is 354 g/mol. The fourth-order valence-corrected chi connectivity index (χ4v) is 4.54. The van der Waals surface area contributed by atoms with Crippen molar-refractivity contribution < 1.29 is 4.42 Å². The van der Waals surface area contributed by atoms with Crippen molar-refractivity contribution in [3.8, 4) is 11.1 Å². The smallest absolute Gasteiger partial charge is 0.143 e. The SMILES string of the molecule is CC(C)c1cccc2c1oc1c(-c3ccc4[nH]c5ccccc5c4c3)cccc12. The van der Waals surface area contributed by atoms with E-state index in [-0.39, 0.29) is 0 Å². The molecule has 2 nitrogen and oxygen atoms in total. The number of para-hydroxylation sites is 3. The Morgan fingerprint density at radius 2 is 1.38 bits per heavy atom. The maximum atomic E-state index is 6.50. The van der Waals surface area contributed by atoms with Crippen molar-refractivity contribution in [3.05, 3.63) is 84.4 Å². The van der Waals surface area contributed by atoms with Crippen LogP contribution in [0.25, 0.3) is 54.9 Å². The third-order valence-corrected chi connectivity index (χ3v) is 5.99. The Hall–Kier alpha value is -3.52. The highest BCUT2D eigenvalue weighted by Gasteiger charge is 2.16. The quantitative estimate of drug-likeness (QED) is 0.326. The van der Waals surface area contributed by atoms with Crippen molar-refractivity contribution in [3.63, 3.8) is 0 Å². The number of furan rings is 1. The van der Waals surface area contributed by atoms with Gasteiger partial charge in [-0.15, -0.1) is 0 Å². The van der Waals surface area contributed by atoms with Crippen LogP contribution in [-0.2, 0) is 0 Å². The number of nitrogens with one attached hydrogen (secondary N) is 1. The van der Waals surface area contributed by atoms with Crippen LogP contribution in [0, 0.1) is 0 Å². The van der Waals surface area contributed by atoms with Crippen molar-refractivity contribution in [1.29, 1.82) is 0 Å². The van der Waals surface area contributed by atoms with E-state index in [0.717, 1.165) is 22.2 Å². The van der Waals surface area contributed by atoms with Crippen LogP contribution in [0.3, 0.4) is 0 Å². The molecule has 6 rings (SSSR count). The second-order valence-electron chi connectivity index (χ2n) is 8.09. The highest BCUT2D eigenvalue weighted by molar-refractivity contribution is 6.12. The molecule has 6 aromatic rings. The van der Waals surface area contributed by atoms with E-state index in [0.29, 0.717) is 5.92 Å². The van der Waals surface area contributed by atoms with E-state index in [9.17, 15) is 0 Å². The first-order valence-corrected chi connectivity index (χ1v) is 10.2. The number of rotatable bonds is 2. The number of benzene rings is 4. The standard InChI is InChI=1S/C27H21NO/c1-16(2)18-8-5-10-21-22-11-6-9-19(27(22)29-26(18)21)17-13-14-25-23(15-17)20-7-3-4-12-24(20)28-25/h3-16,28H,1-2H3. The molecule has 0 aliphatic carbocycles. The number of fused-ring (bicyclic) bond motifs is 6. The van der Waals surface area contributed by atoms with Crippen molar-refractivity contribution in [2.24, 2.45) is 0 Å². The second-order valence-corrected chi connectivity index (χ2v) is 8.09. The van der Waals surface area contributed by atoms with Gasteiger partial charge in [0.15, 0.2) is 0 Å². The van der Waals surface area contributed by atoms with Gasteiger partial charge in [0.2, 0.25) is 0 Å². The van der Waals surface area contributed by atoms with E-state index in [1.165, 1.54) is 38.2 Å². The van der Waals surface area contributed by atoms with Gasteiger partial charge in [-0.3, -0.25) is 0 Å². The molecule has 0 amide bonds. The Bertz CT molecular complexity index is 1530. The zero-order chi connectivity index (χ0) is 19.5. The molecule has 0 atom stereocenters. The average molecular weight is 375 g/mol. The Labute approximate surface area is 168 Å². The van der Waals surface area contributed by atoms with Crippen molar-refractivity contribution in [1.82, 2.24) is 4.98 Å². The van der Waals surface area contributed by atoms with Gasteiger partial charge in [0.05, 0.1) is 0 Å². The summed E-state index contributed by atoms with van der Waals surface area (Å²) in [5.41, 5.74) is 7.89. The summed E-state index contributed by atoms with van der Waals surface area (Å²) in [6.45, 7) is 4.43. The van der Waals surface area contributed by atoms with Gasteiger partial charge < -0.3 is 9.40 Å². The minimum absolute atomic E-state index is 0.422. The third-order valence-electron chi connectivity index (χ3n) is 5.99. The molecule has 0 saturated carbocycles. The van der Waals surface area contributed by atoms with Crippen LogP contribution in [0.4, 0.5) is 0 Å². The van der Waals surface area contributed by atoms with Gasteiger partial charge in [0.25, 0.3) is 0 Å². The molecule has 2 aromatic heterocycles. The summed E-state index contributed by atoms with van der Waals surface area (Å²) in [6, 6.07) is 28.0. The predicted molar refractivity (Wildman–Crippen MR) is 123 cm³/mol. The van der Waals surface area contributed by atoms with Crippen LogP contribution in [0.5, 0.6) is 0 Å². The summed E-state index contributed by atoms with van der Waals surface area (Å²) in [4.78, 5) is 3.51. The zero-order valence-corrected chi connectivity index (χ0v) is 16.5. The molecule has 29 heavy (non-hydrogen) atoms. The van der Waals surface area contributed by atoms with Crippen LogP contribution in [0.2, 0.25) is 0 Å². The molecule has 0 spiro atoms. The number of aromatic amines is 1. The maximum absolute atomic E-state index is 6.50. The molecule has 0 bridgehead atoms. The van der Waals surface area contributed by atoms with Gasteiger partial charge in [-0.25, -0.2) is 0 Å². The van der Waals surface area contributed by atoms with E-state index in [2.05, 4.69) is 97.7 Å². The fraction of sp³-hybridized carbons (Fsp3) is 0.111. The summed E-state index contributed by atoms with van der Waals surface area (Å²) >= 11 is 0. The topological polar surface area (TPSA) is 28.9 Å². The van der Waals surface area contributed by atoms with Gasteiger partial charge in [0, 0.05) is 38.1 Å². The first kappa shape index (κ1) is 16.4. The third kappa shape index (κ3) is 2.35. The highest BCUT2D eigenvalue weighted by atomic mass is 16.3. The highest BCUT2D eigenvalue weighted by Crippen LogP contribution is 2.39. The molecule has 0 unspecified atom stereocenters. The lowest BCUT2D eigenvalue weighted by molar-refractivity contribution is 0.658. The molecule has 0 saturated heterocycles. The van der Waals surface area contributed by atoms with Gasteiger partial charge >= 0.3 is 0 Å². The lowest BCUT2D eigenvalue weighted by Gasteiger charge is -2.05. The molecule has 0 fully saturated rings. The van der Waals surface area contributed by atoms with Crippen molar-refractivity contribution in [2.45, 2.75) is 19.8 Å². The van der Waals surface area contributed by atoms with Crippen LogP contribution < -0.4 is 0 Å². The second kappa shape index (κ2) is 5.99. The van der Waals surface area contributed by atoms with Crippen LogP contribution >= 0.6 is 0 Å². The van der Waals surface area contributed by atoms with Crippen LogP contribution in [-0.4, -0.2) is 4.98 Å². The normalized spacial score (nSPS) is 12.1. The van der Waals surface area contributed by atoms with Gasteiger partial charge in [-0.2, -0.15) is 0 Å². The molecule has 0 aliphatic heterocycles. The number of H-pyrrole nitrogens is 1. The Morgan fingerprint density at radius 3 is 2.24 bits per heavy atom. The summed E-state index contributed by atoms with van der Waals surface area (Å²) in [5, 5.41) is 4.87. The van der Waals surface area contributed by atoms with E-state index in [1.54, 1.807) is 0 Å². The first-order valence-electron chi connectivity index (χ1n) is 10.2. The molecule has 140 valence electrons. The molecule has 0 radical (unpaired) electrons. The average Bonchev–Trinajstić information content (AvgIpc) is 3.31. The summed E-state index contributed by atoms with van der Waals surface area (Å²) in [5.74, 6) is 0.422. The van der Waals surface area contributed by atoms with Gasteiger partial charge in [-0.1, -0.05) is 74.5 Å². The van der Waals surface area contributed by atoms with Crippen molar-refractivity contribution >= 4 is 43.7 Å². The van der Waals surface area contributed by atoms with E-state index in [4.69, 9.17) is 4.42 Å². The summed E-state index contributed by atoms with van der Waals surface area (Å²) < 4.78 is 6.50. The van der Waals surface area contributed by atoms with E-state index >= 15 is 0 Å². The van der Waals surface area contributed by atoms with Crippen LogP contribution in [0.1, 0.15) is 25.3 Å². The first-order chi connectivity index (χ1) is 14.2. The Kier molecular flexibility index (Phi) is 3.39. The molecule has 2 heterocycles. The lowest BCUT2D eigenvalue weighted by atomic mass is 9.98. The number of hydrogen-bond donors (Lipinski definition) is 1. The Balaban J connectivity index is 1.66. The maximum Gasteiger partial charge on any atom is 0.143 e. The van der Waals surface area contributed by atoms with Crippen LogP contribution in [0.15, 0.2) is 83.3 Å². The predicted octanol–water partition coefficient (Wildman–Crippen LogP) is 8.01. The molecule has 1 N–H and O–H groups in total. The minimum Gasteiger partial charge on any atom is -0.455 e. The molecule has 2 heteroatoms. The van der Waals surface area contributed by atoms with Gasteiger partial charge in [-0.05, 0) is 35.2 Å². The fourth-order valence-electron chi connectivity index (χ4n) is 4.54. The van der Waals surface area contributed by atoms with E-state index in [1.807, 2.05) is 0 Å². The Morgan fingerprint density at radius 1 is 0.655 bits per heavy atom. The number of aromatic nitrogens is 1. The lowest BCUT2D eigenvalue weighted by Crippen LogP contribution is -1.86. The van der Waals surface area contributed by atoms with Gasteiger partial charge in [0.1, 0.15) is 11.2 Å². The largest absolute Gasteiger partial charge is 0.455 e. The molecular formula is C27H21NO. The monoisotopic (exact) mass is 375 g/mol. The summed E-state index contributed by atoms with van der Waals surface area (Å²) in [7, 11) is 0. The van der Waals surface area contributed by atoms with Crippen molar-refractivity contribution in [2.75, 3.05) is 0 Å².